The first-order valence-electron chi connectivity index (χ1n) is 6.63. The highest BCUT2D eigenvalue weighted by atomic mass is 79.9. The molecule has 1 aliphatic rings. The Morgan fingerprint density at radius 3 is 2.44 bits per heavy atom. The van der Waals surface area contributed by atoms with Crippen LogP contribution in [0.25, 0.3) is 0 Å². The maximum absolute atomic E-state index is 13.2. The summed E-state index contributed by atoms with van der Waals surface area (Å²) in [5.41, 5.74) is 0.774. The van der Waals surface area contributed by atoms with E-state index in [-0.39, 0.29) is 17.5 Å². The first kappa shape index (κ1) is 13.7. The smallest absolute Gasteiger partial charge is 0.140 e. The van der Waals surface area contributed by atoms with E-state index in [1.807, 2.05) is 6.07 Å². The summed E-state index contributed by atoms with van der Waals surface area (Å²) in [6, 6.07) is 4.71. The molecule has 0 heterocycles. The SMILES string of the molecule is O=C(Cc1cc(F)cc(Br)c1)C1CCCCCC1. The average molecular weight is 313 g/mol. The van der Waals surface area contributed by atoms with Crippen LogP contribution in [0.15, 0.2) is 22.7 Å². The van der Waals surface area contributed by atoms with Crippen LogP contribution in [0.5, 0.6) is 0 Å². The summed E-state index contributed by atoms with van der Waals surface area (Å²) in [4.78, 5) is 12.2. The van der Waals surface area contributed by atoms with E-state index in [1.165, 1.54) is 25.0 Å². The molecule has 0 radical (unpaired) electrons. The third kappa shape index (κ3) is 3.91. The Morgan fingerprint density at radius 1 is 1.17 bits per heavy atom. The molecule has 0 amide bonds. The molecular formula is C15H18BrFO. The molecular weight excluding hydrogens is 295 g/mol. The highest BCUT2D eigenvalue weighted by Crippen LogP contribution is 2.25. The van der Waals surface area contributed by atoms with Crippen molar-refractivity contribution in [3.8, 4) is 0 Å². The minimum Gasteiger partial charge on any atom is -0.299 e. The first-order valence-corrected chi connectivity index (χ1v) is 7.42. The van der Waals surface area contributed by atoms with Gasteiger partial charge in [-0.15, -0.1) is 0 Å². The molecule has 1 nitrogen and oxygen atoms in total. The van der Waals surface area contributed by atoms with Crippen molar-refractivity contribution >= 4 is 21.7 Å². The maximum atomic E-state index is 13.2. The van der Waals surface area contributed by atoms with Gasteiger partial charge in [-0.25, -0.2) is 4.39 Å². The average Bonchev–Trinajstić information content (AvgIpc) is 2.55. The van der Waals surface area contributed by atoms with Crippen molar-refractivity contribution in [3.63, 3.8) is 0 Å². The number of carbonyl (C=O) groups is 1. The largest absolute Gasteiger partial charge is 0.299 e. The van der Waals surface area contributed by atoms with Crippen molar-refractivity contribution in [2.24, 2.45) is 5.92 Å². The molecule has 0 saturated heterocycles. The molecule has 1 saturated carbocycles. The Kier molecular flexibility index (Phi) is 4.93. The number of halogens is 2. The van der Waals surface area contributed by atoms with Gasteiger partial charge in [-0.2, -0.15) is 0 Å². The van der Waals surface area contributed by atoms with E-state index in [0.29, 0.717) is 10.9 Å². The first-order chi connectivity index (χ1) is 8.65. The lowest BCUT2D eigenvalue weighted by Crippen LogP contribution is -2.16. The molecule has 2 rings (SSSR count). The molecule has 0 spiro atoms. The maximum Gasteiger partial charge on any atom is 0.140 e. The van der Waals surface area contributed by atoms with Crippen LogP contribution in [0.2, 0.25) is 0 Å². The molecule has 0 N–H and O–H groups in total. The van der Waals surface area contributed by atoms with Crippen molar-refractivity contribution in [1.82, 2.24) is 0 Å². The number of Topliss-reactive ketones (excluding diaryl/α,β-unsaturated/α-hetero) is 1. The second-order valence-electron chi connectivity index (χ2n) is 5.11. The summed E-state index contributed by atoms with van der Waals surface area (Å²) >= 11 is 3.26. The Morgan fingerprint density at radius 2 is 1.83 bits per heavy atom. The minimum atomic E-state index is -0.284. The number of hydrogen-bond donors (Lipinski definition) is 0. The van der Waals surface area contributed by atoms with Gasteiger partial charge in [-0.3, -0.25) is 4.79 Å². The van der Waals surface area contributed by atoms with Crippen molar-refractivity contribution < 1.29 is 9.18 Å². The van der Waals surface area contributed by atoms with Gasteiger partial charge in [0, 0.05) is 16.8 Å². The van der Waals surface area contributed by atoms with Gasteiger partial charge in [0.25, 0.3) is 0 Å². The zero-order valence-corrected chi connectivity index (χ0v) is 12.0. The van der Waals surface area contributed by atoms with Crippen LogP contribution in [0, 0.1) is 11.7 Å². The monoisotopic (exact) mass is 312 g/mol. The lowest BCUT2D eigenvalue weighted by molar-refractivity contribution is -0.122. The van der Waals surface area contributed by atoms with E-state index in [9.17, 15) is 9.18 Å². The molecule has 3 heteroatoms. The van der Waals surface area contributed by atoms with Crippen molar-refractivity contribution in [2.45, 2.75) is 44.9 Å². The Hall–Kier alpha value is -0.700. The zero-order valence-electron chi connectivity index (χ0n) is 10.4. The van der Waals surface area contributed by atoms with Crippen molar-refractivity contribution in [3.05, 3.63) is 34.1 Å². The fourth-order valence-corrected chi connectivity index (χ4v) is 3.17. The molecule has 0 unspecified atom stereocenters. The second kappa shape index (κ2) is 6.46. The molecule has 98 valence electrons. The fourth-order valence-electron chi connectivity index (χ4n) is 2.66. The van der Waals surface area contributed by atoms with Crippen LogP contribution in [-0.2, 0) is 11.2 Å². The van der Waals surface area contributed by atoms with Gasteiger partial charge in [0.1, 0.15) is 11.6 Å². The summed E-state index contributed by atoms with van der Waals surface area (Å²) in [6.07, 6.45) is 7.18. The Labute approximate surface area is 116 Å². The van der Waals surface area contributed by atoms with Gasteiger partial charge in [-0.1, -0.05) is 41.6 Å². The quantitative estimate of drug-likeness (QED) is 0.741. The lowest BCUT2D eigenvalue weighted by Gasteiger charge is -2.12. The number of hydrogen-bond acceptors (Lipinski definition) is 1. The highest BCUT2D eigenvalue weighted by Gasteiger charge is 2.20. The lowest BCUT2D eigenvalue weighted by atomic mass is 9.91. The molecule has 0 bridgehead atoms. The number of benzene rings is 1. The van der Waals surface area contributed by atoms with E-state index in [4.69, 9.17) is 0 Å². The van der Waals surface area contributed by atoms with Crippen LogP contribution >= 0.6 is 15.9 Å². The van der Waals surface area contributed by atoms with Gasteiger partial charge >= 0.3 is 0 Å². The van der Waals surface area contributed by atoms with E-state index in [2.05, 4.69) is 15.9 Å². The van der Waals surface area contributed by atoms with Gasteiger partial charge in [0.15, 0.2) is 0 Å². The highest BCUT2D eigenvalue weighted by molar-refractivity contribution is 9.10. The molecule has 0 aromatic heterocycles. The van der Waals surface area contributed by atoms with Gasteiger partial charge in [-0.05, 0) is 36.6 Å². The van der Waals surface area contributed by atoms with Crippen molar-refractivity contribution in [2.75, 3.05) is 0 Å². The number of ketones is 1. The number of carbonyl (C=O) groups excluding carboxylic acids is 1. The summed E-state index contributed by atoms with van der Waals surface area (Å²) in [5.74, 6) is 0.178. The predicted octanol–water partition coefficient (Wildman–Crippen LogP) is 4.67. The molecule has 0 aliphatic heterocycles. The molecule has 1 aliphatic carbocycles. The zero-order chi connectivity index (χ0) is 13.0. The standard InChI is InChI=1S/C15H18BrFO/c16-13-7-11(8-14(17)10-13)9-15(18)12-5-3-1-2-4-6-12/h7-8,10,12H,1-6,9H2. The number of rotatable bonds is 3. The van der Waals surface area contributed by atoms with E-state index >= 15 is 0 Å². The topological polar surface area (TPSA) is 17.1 Å². The van der Waals surface area contributed by atoms with E-state index in [0.717, 1.165) is 31.2 Å². The van der Waals surface area contributed by atoms with Gasteiger partial charge in [0.2, 0.25) is 0 Å². The van der Waals surface area contributed by atoms with Crippen molar-refractivity contribution in [1.29, 1.82) is 0 Å². The van der Waals surface area contributed by atoms with Gasteiger partial charge < -0.3 is 0 Å². The summed E-state index contributed by atoms with van der Waals surface area (Å²) in [5, 5.41) is 0. The van der Waals surface area contributed by atoms with Crippen LogP contribution in [-0.4, -0.2) is 5.78 Å². The third-order valence-electron chi connectivity index (χ3n) is 3.61. The minimum absolute atomic E-state index is 0.189. The molecule has 1 fully saturated rings. The summed E-state index contributed by atoms with van der Waals surface area (Å²) in [6.45, 7) is 0. The Bertz CT molecular complexity index is 402. The Balaban J connectivity index is 2.01. The molecule has 0 atom stereocenters. The van der Waals surface area contributed by atoms with Gasteiger partial charge in [0.05, 0.1) is 0 Å². The van der Waals surface area contributed by atoms with Crippen LogP contribution < -0.4 is 0 Å². The van der Waals surface area contributed by atoms with Crippen LogP contribution in [0.4, 0.5) is 4.39 Å². The predicted molar refractivity (Wildman–Crippen MR) is 74.0 cm³/mol. The summed E-state index contributed by atoms with van der Waals surface area (Å²) < 4.78 is 13.9. The van der Waals surface area contributed by atoms with Crippen LogP contribution in [0.3, 0.4) is 0 Å². The van der Waals surface area contributed by atoms with Crippen LogP contribution in [0.1, 0.15) is 44.1 Å². The van der Waals surface area contributed by atoms with E-state index < -0.39 is 0 Å². The summed E-state index contributed by atoms with van der Waals surface area (Å²) in [7, 11) is 0. The second-order valence-corrected chi connectivity index (χ2v) is 6.02. The molecule has 1 aromatic rings. The third-order valence-corrected chi connectivity index (χ3v) is 4.07. The normalized spacial score (nSPS) is 17.4. The fraction of sp³-hybridized carbons (Fsp3) is 0.533. The molecule has 18 heavy (non-hydrogen) atoms. The van der Waals surface area contributed by atoms with E-state index in [1.54, 1.807) is 0 Å². The molecule has 1 aromatic carbocycles.